The van der Waals surface area contributed by atoms with Gasteiger partial charge in [-0.05, 0) is 0 Å². The van der Waals surface area contributed by atoms with E-state index < -0.39 is 42.5 Å². The van der Waals surface area contributed by atoms with Crippen molar-refractivity contribution in [1.82, 2.24) is 9.55 Å². The number of nitrogen functional groups attached to an aromatic ring is 1. The fourth-order valence-corrected chi connectivity index (χ4v) is 1.92. The molecule has 0 unspecified atom stereocenters. The number of hydrogen-bond acceptors (Lipinski definition) is 7. The molecule has 104 valence electrons. The molecule has 4 atom stereocenters. The summed E-state index contributed by atoms with van der Waals surface area (Å²) >= 11 is 0. The molecule has 0 amide bonds. The number of aromatic nitrogens is 2. The first-order valence-electron chi connectivity index (χ1n) is 5.51. The zero-order chi connectivity index (χ0) is 14.2. The summed E-state index contributed by atoms with van der Waals surface area (Å²) in [5, 5.41) is 35.6. The van der Waals surface area contributed by atoms with Crippen molar-refractivity contribution >= 4 is 5.84 Å². The van der Waals surface area contributed by atoms with Gasteiger partial charge in [-0.2, -0.15) is 0 Å². The molecular formula is C10H14N4O5. The average molecular weight is 270 g/mol. The number of aliphatic hydroxyl groups excluding tert-OH is 3. The van der Waals surface area contributed by atoms with Crippen molar-refractivity contribution in [2.24, 2.45) is 5.73 Å². The number of aliphatic hydroxyl groups is 3. The van der Waals surface area contributed by atoms with E-state index in [2.05, 4.69) is 4.98 Å². The predicted molar refractivity (Wildman–Crippen MR) is 62.5 cm³/mol. The Kier molecular flexibility index (Phi) is 3.62. The molecule has 1 saturated heterocycles. The Hall–Kier alpha value is -1.81. The van der Waals surface area contributed by atoms with Crippen molar-refractivity contribution in [3.05, 3.63) is 28.4 Å². The van der Waals surface area contributed by atoms with E-state index in [1.165, 1.54) is 12.4 Å². The highest BCUT2D eigenvalue weighted by Gasteiger charge is 2.43. The molecule has 0 spiro atoms. The largest absolute Gasteiger partial charge is 0.394 e. The Morgan fingerprint density at radius 3 is 2.74 bits per heavy atom. The van der Waals surface area contributed by atoms with Crippen molar-refractivity contribution < 1.29 is 20.1 Å². The van der Waals surface area contributed by atoms with Crippen molar-refractivity contribution in [3.8, 4) is 0 Å². The number of nitrogens with one attached hydrogen (secondary N) is 1. The molecule has 1 aromatic heterocycles. The van der Waals surface area contributed by atoms with E-state index in [9.17, 15) is 15.0 Å². The Bertz CT molecular complexity index is 545. The van der Waals surface area contributed by atoms with Crippen LogP contribution in [0.25, 0.3) is 0 Å². The third kappa shape index (κ3) is 2.24. The first-order valence-corrected chi connectivity index (χ1v) is 5.51. The van der Waals surface area contributed by atoms with Crippen LogP contribution in [0.1, 0.15) is 11.9 Å². The van der Waals surface area contributed by atoms with Crippen LogP contribution >= 0.6 is 0 Å². The molecule has 0 radical (unpaired) electrons. The number of nitrogens with two attached hydrogens (primary N) is 1. The quantitative estimate of drug-likeness (QED) is 0.292. The molecule has 9 heteroatoms. The first-order chi connectivity index (χ1) is 8.97. The molecular weight excluding hydrogens is 256 g/mol. The molecule has 1 aliphatic heterocycles. The maximum atomic E-state index is 12.0. The van der Waals surface area contributed by atoms with Gasteiger partial charge in [-0.25, -0.2) is 4.98 Å². The molecule has 0 aliphatic carbocycles. The van der Waals surface area contributed by atoms with Gasteiger partial charge < -0.3 is 25.8 Å². The number of nitrogens with zero attached hydrogens (tertiary/aromatic N) is 2. The summed E-state index contributed by atoms with van der Waals surface area (Å²) < 4.78 is 6.19. The molecule has 0 bridgehead atoms. The van der Waals surface area contributed by atoms with Crippen LogP contribution < -0.4 is 11.3 Å². The van der Waals surface area contributed by atoms with Gasteiger partial charge in [-0.1, -0.05) is 0 Å². The maximum Gasteiger partial charge on any atom is 0.282 e. The fraction of sp³-hybridized carbons (Fsp3) is 0.500. The molecule has 0 aromatic carbocycles. The lowest BCUT2D eigenvalue weighted by atomic mass is 10.1. The minimum atomic E-state index is -1.38. The lowest BCUT2D eigenvalue weighted by Gasteiger charge is -2.17. The molecule has 1 aliphatic rings. The molecule has 19 heavy (non-hydrogen) atoms. The van der Waals surface area contributed by atoms with E-state index in [1.807, 2.05) is 0 Å². The van der Waals surface area contributed by atoms with Gasteiger partial charge in [0.15, 0.2) is 11.9 Å². The highest BCUT2D eigenvalue weighted by molar-refractivity contribution is 5.92. The predicted octanol–water partition coefficient (Wildman–Crippen LogP) is -2.86. The second kappa shape index (κ2) is 5.05. The topological polar surface area (TPSA) is 155 Å². The summed E-state index contributed by atoms with van der Waals surface area (Å²) in [6.07, 6.45) is -2.36. The number of rotatable bonds is 3. The van der Waals surface area contributed by atoms with Crippen LogP contribution in [-0.2, 0) is 4.74 Å². The van der Waals surface area contributed by atoms with Crippen LogP contribution in [0.3, 0.4) is 0 Å². The SMILES string of the molecule is N=C(N)c1nccn([C@@H]2O[C@H](CO)[C@@H](O)[C@H]2O)c1=O. The standard InChI is InChI=1S/C10H14N4O5/c11-8(12)5-9(18)14(2-1-13-5)10-7(17)6(16)4(3-15)19-10/h1-2,4,6-7,10,15-17H,3H2,(H3,11,12)/t4-,6-,7-,10-/m1/s1. The average Bonchev–Trinajstić information content (AvgIpc) is 2.66. The molecule has 6 N–H and O–H groups in total. The van der Waals surface area contributed by atoms with Crippen molar-refractivity contribution in [2.45, 2.75) is 24.5 Å². The summed E-state index contributed by atoms with van der Waals surface area (Å²) in [6.45, 7) is -0.492. The van der Waals surface area contributed by atoms with E-state index in [-0.39, 0.29) is 5.69 Å². The zero-order valence-corrected chi connectivity index (χ0v) is 9.80. The molecule has 2 heterocycles. The van der Waals surface area contributed by atoms with Gasteiger partial charge in [0.1, 0.15) is 24.1 Å². The monoisotopic (exact) mass is 270 g/mol. The molecule has 9 nitrogen and oxygen atoms in total. The van der Waals surface area contributed by atoms with Crippen molar-refractivity contribution in [2.75, 3.05) is 6.61 Å². The maximum absolute atomic E-state index is 12.0. The number of hydrogen-bond donors (Lipinski definition) is 5. The number of ether oxygens (including phenoxy) is 1. The van der Waals surface area contributed by atoms with E-state index in [4.69, 9.17) is 21.0 Å². The summed E-state index contributed by atoms with van der Waals surface area (Å²) in [4.78, 5) is 15.7. The van der Waals surface area contributed by atoms with Crippen LogP contribution in [0.4, 0.5) is 0 Å². The molecule has 0 saturated carbocycles. The summed E-state index contributed by atoms with van der Waals surface area (Å²) in [5.41, 5.74) is 4.22. The molecule has 2 rings (SSSR count). The molecule has 1 fully saturated rings. The lowest BCUT2D eigenvalue weighted by Crippen LogP contribution is -2.38. The van der Waals surface area contributed by atoms with Crippen molar-refractivity contribution in [3.63, 3.8) is 0 Å². The van der Waals surface area contributed by atoms with Gasteiger partial charge in [0.2, 0.25) is 0 Å². The smallest absolute Gasteiger partial charge is 0.282 e. The lowest BCUT2D eigenvalue weighted by molar-refractivity contribution is -0.0545. The normalized spacial score (nSPS) is 30.5. The minimum Gasteiger partial charge on any atom is -0.394 e. The Morgan fingerprint density at radius 2 is 2.21 bits per heavy atom. The van der Waals surface area contributed by atoms with Crippen LogP contribution in [0, 0.1) is 5.41 Å². The van der Waals surface area contributed by atoms with E-state index in [0.717, 1.165) is 4.57 Å². The second-order valence-electron chi connectivity index (χ2n) is 4.13. The Morgan fingerprint density at radius 1 is 1.53 bits per heavy atom. The highest BCUT2D eigenvalue weighted by Crippen LogP contribution is 2.27. The van der Waals surface area contributed by atoms with Gasteiger partial charge in [-0.15, -0.1) is 0 Å². The van der Waals surface area contributed by atoms with Crippen LogP contribution in [0.5, 0.6) is 0 Å². The van der Waals surface area contributed by atoms with Crippen LogP contribution in [0.15, 0.2) is 17.2 Å². The zero-order valence-electron chi connectivity index (χ0n) is 9.80. The van der Waals surface area contributed by atoms with Crippen molar-refractivity contribution in [1.29, 1.82) is 5.41 Å². The van der Waals surface area contributed by atoms with E-state index >= 15 is 0 Å². The fourth-order valence-electron chi connectivity index (χ4n) is 1.92. The number of amidine groups is 1. The second-order valence-corrected chi connectivity index (χ2v) is 4.13. The Labute approximate surface area is 107 Å². The third-order valence-electron chi connectivity index (χ3n) is 2.91. The first kappa shape index (κ1) is 13.6. The van der Waals surface area contributed by atoms with Crippen LogP contribution in [-0.4, -0.2) is 55.6 Å². The van der Waals surface area contributed by atoms with Gasteiger partial charge in [-0.3, -0.25) is 14.8 Å². The third-order valence-corrected chi connectivity index (χ3v) is 2.91. The highest BCUT2D eigenvalue weighted by atomic mass is 16.6. The van der Waals surface area contributed by atoms with Gasteiger partial charge in [0.05, 0.1) is 6.61 Å². The van der Waals surface area contributed by atoms with E-state index in [1.54, 1.807) is 0 Å². The minimum absolute atomic E-state index is 0.278. The summed E-state index contributed by atoms with van der Waals surface area (Å²) in [6, 6.07) is 0. The van der Waals surface area contributed by atoms with Crippen LogP contribution in [0.2, 0.25) is 0 Å². The summed E-state index contributed by atoms with van der Waals surface area (Å²) in [5.74, 6) is -0.508. The van der Waals surface area contributed by atoms with Gasteiger partial charge in [0.25, 0.3) is 5.56 Å². The van der Waals surface area contributed by atoms with Gasteiger partial charge >= 0.3 is 0 Å². The molecule has 1 aromatic rings. The summed E-state index contributed by atoms with van der Waals surface area (Å²) in [7, 11) is 0. The van der Waals surface area contributed by atoms with Gasteiger partial charge in [0, 0.05) is 12.4 Å². The van der Waals surface area contributed by atoms with E-state index in [0.29, 0.717) is 0 Å². The Balaban J connectivity index is 2.41.